The third kappa shape index (κ3) is 3.61. The van der Waals surface area contributed by atoms with Gasteiger partial charge in [0.1, 0.15) is 0 Å². The molecule has 1 aromatic carbocycles. The quantitative estimate of drug-likeness (QED) is 0.945. The average Bonchev–Trinajstić information content (AvgIpc) is 2.85. The number of benzene rings is 1. The van der Waals surface area contributed by atoms with Crippen molar-refractivity contribution in [2.75, 3.05) is 23.3 Å². The van der Waals surface area contributed by atoms with Crippen molar-refractivity contribution < 1.29 is 4.79 Å². The minimum Gasteiger partial charge on any atom is -0.355 e. The van der Waals surface area contributed by atoms with Gasteiger partial charge >= 0.3 is 0 Å². The van der Waals surface area contributed by atoms with Crippen LogP contribution in [0.5, 0.6) is 0 Å². The highest BCUT2D eigenvalue weighted by atomic mass is 16.1. The molecule has 0 bridgehead atoms. The van der Waals surface area contributed by atoms with E-state index < -0.39 is 0 Å². The lowest BCUT2D eigenvalue weighted by Gasteiger charge is -2.20. The number of rotatable bonds is 3. The second-order valence-corrected chi connectivity index (χ2v) is 5.50. The van der Waals surface area contributed by atoms with Crippen molar-refractivity contribution in [1.82, 2.24) is 10.2 Å². The summed E-state index contributed by atoms with van der Waals surface area (Å²) < 4.78 is 0. The molecule has 1 aliphatic rings. The van der Waals surface area contributed by atoms with Gasteiger partial charge in [0.05, 0.1) is 0 Å². The van der Waals surface area contributed by atoms with Crippen LogP contribution in [0, 0.1) is 0 Å². The number of nitrogens with zero attached hydrogens (tertiary/aromatic N) is 3. The van der Waals surface area contributed by atoms with Crippen molar-refractivity contribution in [2.45, 2.75) is 25.7 Å². The first-order valence-electron chi connectivity index (χ1n) is 7.78. The second-order valence-electron chi connectivity index (χ2n) is 5.50. The average molecular weight is 296 g/mol. The Bertz CT molecular complexity index is 604. The van der Waals surface area contributed by atoms with E-state index in [1.165, 1.54) is 25.7 Å². The van der Waals surface area contributed by atoms with Gasteiger partial charge in [0.2, 0.25) is 0 Å². The maximum absolute atomic E-state index is 12.1. The predicted molar refractivity (Wildman–Crippen MR) is 87.1 cm³/mol. The van der Waals surface area contributed by atoms with Crippen LogP contribution in [0.25, 0.3) is 0 Å². The molecule has 0 atom stereocenters. The maximum Gasteiger partial charge on any atom is 0.276 e. The van der Waals surface area contributed by atoms with E-state index in [0.29, 0.717) is 5.69 Å². The zero-order chi connectivity index (χ0) is 15.2. The minimum atomic E-state index is -0.235. The summed E-state index contributed by atoms with van der Waals surface area (Å²) in [7, 11) is 0. The molecule has 2 aromatic rings. The van der Waals surface area contributed by atoms with Crippen LogP contribution in [0.2, 0.25) is 0 Å². The van der Waals surface area contributed by atoms with Crippen molar-refractivity contribution in [3.63, 3.8) is 0 Å². The molecule has 1 aromatic heterocycles. The van der Waals surface area contributed by atoms with Crippen molar-refractivity contribution in [3.05, 3.63) is 48.2 Å². The van der Waals surface area contributed by atoms with Gasteiger partial charge in [0, 0.05) is 18.8 Å². The van der Waals surface area contributed by atoms with Gasteiger partial charge in [-0.25, -0.2) is 0 Å². The van der Waals surface area contributed by atoms with Gasteiger partial charge in [-0.3, -0.25) is 4.79 Å². The molecule has 3 rings (SSSR count). The molecule has 2 heterocycles. The van der Waals surface area contributed by atoms with Gasteiger partial charge in [0.25, 0.3) is 5.91 Å². The van der Waals surface area contributed by atoms with Crippen molar-refractivity contribution in [1.29, 1.82) is 0 Å². The lowest BCUT2D eigenvalue weighted by atomic mass is 10.2. The summed E-state index contributed by atoms with van der Waals surface area (Å²) in [5.74, 6) is 0.624. The molecule has 1 aliphatic heterocycles. The molecular weight excluding hydrogens is 276 g/mol. The number of nitrogens with one attached hydrogen (secondary N) is 1. The van der Waals surface area contributed by atoms with Crippen LogP contribution in [-0.4, -0.2) is 29.2 Å². The Balaban J connectivity index is 1.66. The molecule has 5 nitrogen and oxygen atoms in total. The smallest absolute Gasteiger partial charge is 0.276 e. The Morgan fingerprint density at radius 1 is 0.909 bits per heavy atom. The Hall–Kier alpha value is -2.43. The van der Waals surface area contributed by atoms with Crippen LogP contribution in [0.15, 0.2) is 42.5 Å². The standard InChI is InChI=1S/C17H20N4O/c22-17(18-14-8-4-3-5-9-14)15-10-11-16(20-19-15)21-12-6-1-2-7-13-21/h3-5,8-11H,1-2,6-7,12-13H2,(H,18,22). The summed E-state index contributed by atoms with van der Waals surface area (Å²) in [5.41, 5.74) is 1.09. The van der Waals surface area contributed by atoms with Gasteiger partial charge in [-0.15, -0.1) is 10.2 Å². The van der Waals surface area contributed by atoms with E-state index in [9.17, 15) is 4.79 Å². The summed E-state index contributed by atoms with van der Waals surface area (Å²) >= 11 is 0. The molecule has 1 N–H and O–H groups in total. The molecule has 0 radical (unpaired) electrons. The zero-order valence-corrected chi connectivity index (χ0v) is 12.5. The lowest BCUT2D eigenvalue weighted by Crippen LogP contribution is -2.25. The summed E-state index contributed by atoms with van der Waals surface area (Å²) in [6, 6.07) is 13.0. The van der Waals surface area contributed by atoms with Crippen LogP contribution in [0.3, 0.4) is 0 Å². The van der Waals surface area contributed by atoms with Gasteiger partial charge in [-0.2, -0.15) is 0 Å². The topological polar surface area (TPSA) is 58.1 Å². The van der Waals surface area contributed by atoms with Crippen molar-refractivity contribution in [2.24, 2.45) is 0 Å². The van der Waals surface area contributed by atoms with Gasteiger partial charge < -0.3 is 10.2 Å². The summed E-state index contributed by atoms with van der Waals surface area (Å²) in [5, 5.41) is 11.1. The third-order valence-corrected chi connectivity index (χ3v) is 3.84. The molecule has 5 heteroatoms. The van der Waals surface area contributed by atoms with Crippen LogP contribution >= 0.6 is 0 Å². The highest BCUT2D eigenvalue weighted by molar-refractivity contribution is 6.02. The van der Waals surface area contributed by atoms with Gasteiger partial charge in [-0.05, 0) is 37.1 Å². The number of hydrogen-bond donors (Lipinski definition) is 1. The summed E-state index contributed by atoms with van der Waals surface area (Å²) in [6.07, 6.45) is 4.94. The summed E-state index contributed by atoms with van der Waals surface area (Å²) in [4.78, 5) is 14.4. The molecular formula is C17H20N4O. The van der Waals surface area contributed by atoms with Crippen LogP contribution in [0.4, 0.5) is 11.5 Å². The first-order valence-corrected chi connectivity index (χ1v) is 7.78. The van der Waals surface area contributed by atoms with E-state index in [-0.39, 0.29) is 5.91 Å². The first kappa shape index (κ1) is 14.5. The minimum absolute atomic E-state index is 0.235. The Morgan fingerprint density at radius 2 is 1.64 bits per heavy atom. The van der Waals surface area contributed by atoms with Crippen LogP contribution in [0.1, 0.15) is 36.2 Å². The Labute approximate surface area is 130 Å². The molecule has 114 valence electrons. The molecule has 1 fully saturated rings. The Morgan fingerprint density at radius 3 is 2.27 bits per heavy atom. The van der Waals surface area contributed by atoms with Gasteiger partial charge in [0.15, 0.2) is 11.5 Å². The second kappa shape index (κ2) is 7.02. The van der Waals surface area contributed by atoms with E-state index in [1.807, 2.05) is 36.4 Å². The van der Waals surface area contributed by atoms with Crippen LogP contribution in [-0.2, 0) is 0 Å². The number of aromatic nitrogens is 2. The predicted octanol–water partition coefficient (Wildman–Crippen LogP) is 3.11. The molecule has 0 aliphatic carbocycles. The van der Waals surface area contributed by atoms with E-state index in [1.54, 1.807) is 6.07 Å². The highest BCUT2D eigenvalue weighted by Crippen LogP contribution is 2.17. The first-order chi connectivity index (χ1) is 10.8. The number of carbonyl (C=O) groups is 1. The molecule has 1 amide bonds. The highest BCUT2D eigenvalue weighted by Gasteiger charge is 2.13. The van der Waals surface area contributed by atoms with E-state index in [2.05, 4.69) is 20.4 Å². The normalized spacial score (nSPS) is 15.2. The molecule has 0 spiro atoms. The van der Waals surface area contributed by atoms with E-state index in [0.717, 1.165) is 24.6 Å². The fraction of sp³-hybridized carbons (Fsp3) is 0.353. The largest absolute Gasteiger partial charge is 0.355 e. The van der Waals surface area contributed by atoms with Gasteiger partial charge in [-0.1, -0.05) is 31.0 Å². The van der Waals surface area contributed by atoms with E-state index >= 15 is 0 Å². The SMILES string of the molecule is O=C(Nc1ccccc1)c1ccc(N2CCCCCC2)nn1. The number of amides is 1. The molecule has 0 unspecified atom stereocenters. The maximum atomic E-state index is 12.1. The number of anilines is 2. The zero-order valence-electron chi connectivity index (χ0n) is 12.5. The van der Waals surface area contributed by atoms with Crippen molar-refractivity contribution in [3.8, 4) is 0 Å². The number of para-hydroxylation sites is 1. The van der Waals surface area contributed by atoms with E-state index in [4.69, 9.17) is 0 Å². The van der Waals surface area contributed by atoms with Crippen LogP contribution < -0.4 is 10.2 Å². The monoisotopic (exact) mass is 296 g/mol. The fourth-order valence-electron chi connectivity index (χ4n) is 2.63. The summed E-state index contributed by atoms with van der Waals surface area (Å²) in [6.45, 7) is 2.04. The molecule has 22 heavy (non-hydrogen) atoms. The lowest BCUT2D eigenvalue weighted by molar-refractivity contribution is 0.102. The number of hydrogen-bond acceptors (Lipinski definition) is 4. The Kier molecular flexibility index (Phi) is 4.63. The molecule has 0 saturated carbocycles. The fourth-order valence-corrected chi connectivity index (χ4v) is 2.63. The molecule has 1 saturated heterocycles. The number of carbonyl (C=O) groups excluding carboxylic acids is 1. The van der Waals surface area contributed by atoms with Crippen molar-refractivity contribution >= 4 is 17.4 Å². The third-order valence-electron chi connectivity index (χ3n) is 3.84.